The normalized spacial score (nSPS) is 17.5. The lowest BCUT2D eigenvalue weighted by molar-refractivity contribution is -0.596. The molecule has 0 radical (unpaired) electrons. The topological polar surface area (TPSA) is 131 Å². The Labute approximate surface area is 277 Å². The molecule has 0 atom stereocenters. The third-order valence-electron chi connectivity index (χ3n) is 9.42. The minimum Gasteiger partial charge on any atom is -0.481 e. The summed E-state index contributed by atoms with van der Waals surface area (Å²) >= 11 is 0. The zero-order chi connectivity index (χ0) is 33.0. The molecule has 0 unspecified atom stereocenters. The number of nitrogens with zero attached hydrogens (tertiary/aromatic N) is 6. The Morgan fingerprint density at radius 3 is 1.07 bits per heavy atom. The van der Waals surface area contributed by atoms with Crippen LogP contribution in [0.25, 0.3) is 0 Å². The summed E-state index contributed by atoms with van der Waals surface area (Å²) in [6.07, 6.45) is 20.2. The van der Waals surface area contributed by atoms with Crippen molar-refractivity contribution in [3.8, 4) is 0 Å². The molecule has 3 heterocycles. The van der Waals surface area contributed by atoms with E-state index in [-0.39, 0.29) is 19.3 Å². The Kier molecular flexibility index (Phi) is 18.3. The molecule has 3 N–H and O–H groups in total. The molecule has 3 aliphatic heterocycles. The molecule has 0 saturated carbocycles. The number of hydrogen-bond acceptors (Lipinski definition) is 8. The van der Waals surface area contributed by atoms with Gasteiger partial charge in [0, 0.05) is 38.9 Å². The van der Waals surface area contributed by atoms with Crippen LogP contribution in [-0.4, -0.2) is 128 Å². The van der Waals surface area contributed by atoms with Crippen LogP contribution in [0.3, 0.4) is 0 Å². The second-order valence-electron chi connectivity index (χ2n) is 13.7. The number of aliphatic carboxylic acids is 3. The molecule has 1 fully saturated rings. The first-order valence-electron chi connectivity index (χ1n) is 18.3. The van der Waals surface area contributed by atoms with E-state index in [1.807, 2.05) is 0 Å². The Bertz CT molecular complexity index is 893. The Morgan fingerprint density at radius 2 is 0.717 bits per heavy atom. The SMILES string of the molecule is O=C(O)CCCCCCCCN1CN2CN(CCCCCCCCC(=O)O)C[N+]3=C2N(C1)CN(CCCCCCCCC(=O)O)C3. The number of carboxylic acid groups (broad SMARTS) is 3. The maximum Gasteiger partial charge on any atom is 0.356 e. The van der Waals surface area contributed by atoms with Gasteiger partial charge in [-0.15, -0.1) is 0 Å². The maximum atomic E-state index is 10.7. The second-order valence-corrected chi connectivity index (χ2v) is 13.7. The van der Waals surface area contributed by atoms with E-state index in [9.17, 15) is 14.4 Å². The van der Waals surface area contributed by atoms with Gasteiger partial charge < -0.3 is 15.3 Å². The van der Waals surface area contributed by atoms with Crippen molar-refractivity contribution < 1.29 is 34.3 Å². The number of carboxylic acids is 3. The summed E-state index contributed by atoms with van der Waals surface area (Å²) in [6, 6.07) is 0. The van der Waals surface area contributed by atoms with E-state index >= 15 is 0 Å². The number of unbranched alkanes of at least 4 members (excludes halogenated alkanes) is 15. The second kappa shape index (κ2) is 22.2. The van der Waals surface area contributed by atoms with Gasteiger partial charge in [-0.3, -0.25) is 14.4 Å². The number of hydrogen-bond donors (Lipinski definition) is 3. The van der Waals surface area contributed by atoms with Crippen molar-refractivity contribution in [3.63, 3.8) is 0 Å². The number of guanidine groups is 1. The minimum atomic E-state index is -0.692. The van der Waals surface area contributed by atoms with E-state index in [0.29, 0.717) is 0 Å². The summed E-state index contributed by atoms with van der Waals surface area (Å²) in [6.45, 7) is 9.01. The van der Waals surface area contributed by atoms with E-state index in [1.54, 1.807) is 0 Å². The average molecular weight is 652 g/mol. The lowest BCUT2D eigenvalue weighted by atomic mass is 10.1. The van der Waals surface area contributed by atoms with Crippen molar-refractivity contribution in [1.29, 1.82) is 0 Å². The lowest BCUT2D eigenvalue weighted by Gasteiger charge is -2.48. The van der Waals surface area contributed by atoms with Crippen LogP contribution in [0.4, 0.5) is 0 Å². The highest BCUT2D eigenvalue weighted by atomic mass is 16.4. The van der Waals surface area contributed by atoms with Crippen LogP contribution < -0.4 is 0 Å². The summed E-state index contributed by atoms with van der Waals surface area (Å²) in [4.78, 5) is 45.1. The van der Waals surface area contributed by atoms with Gasteiger partial charge in [-0.1, -0.05) is 77.0 Å². The maximum absolute atomic E-state index is 10.7. The Hall–Kier alpha value is -2.44. The van der Waals surface area contributed by atoms with Crippen LogP contribution >= 0.6 is 0 Å². The van der Waals surface area contributed by atoms with Crippen LogP contribution in [0.15, 0.2) is 0 Å². The van der Waals surface area contributed by atoms with Gasteiger partial charge in [0.1, 0.15) is 40.0 Å². The summed E-state index contributed by atoms with van der Waals surface area (Å²) in [5.41, 5.74) is 0. The van der Waals surface area contributed by atoms with Gasteiger partial charge in [0.05, 0.1) is 0 Å². The molecule has 3 aliphatic rings. The molecule has 12 nitrogen and oxygen atoms in total. The van der Waals surface area contributed by atoms with E-state index < -0.39 is 17.9 Å². The smallest absolute Gasteiger partial charge is 0.356 e. The molecule has 0 aromatic carbocycles. The van der Waals surface area contributed by atoms with Gasteiger partial charge in [0.15, 0.2) is 0 Å². The van der Waals surface area contributed by atoms with Gasteiger partial charge >= 0.3 is 23.9 Å². The molecule has 46 heavy (non-hydrogen) atoms. The summed E-state index contributed by atoms with van der Waals surface area (Å²) in [5.74, 6) is -0.689. The lowest BCUT2D eigenvalue weighted by Crippen LogP contribution is -2.71. The highest BCUT2D eigenvalue weighted by Crippen LogP contribution is 2.21. The third kappa shape index (κ3) is 15.4. The highest BCUT2D eigenvalue weighted by molar-refractivity contribution is 5.76. The average Bonchev–Trinajstić information content (AvgIpc) is 3.00. The van der Waals surface area contributed by atoms with Crippen molar-refractivity contribution in [3.05, 3.63) is 0 Å². The molecule has 12 heteroatoms. The van der Waals surface area contributed by atoms with Crippen molar-refractivity contribution in [1.82, 2.24) is 24.5 Å². The van der Waals surface area contributed by atoms with E-state index in [0.717, 1.165) is 117 Å². The quantitative estimate of drug-likeness (QED) is 0.0810. The summed E-state index contributed by atoms with van der Waals surface area (Å²) in [5, 5.41) is 26.5. The first-order chi connectivity index (χ1) is 22.3. The van der Waals surface area contributed by atoms with Crippen LogP contribution in [0.2, 0.25) is 0 Å². The molecule has 0 aliphatic carbocycles. The first-order valence-corrected chi connectivity index (χ1v) is 18.3. The molecule has 0 amide bonds. The van der Waals surface area contributed by atoms with Crippen LogP contribution in [0.5, 0.6) is 0 Å². The number of carbonyl (C=O) groups is 3. The number of rotatable bonds is 27. The Balaban J connectivity index is 1.44. The molecule has 0 aromatic heterocycles. The fraction of sp³-hybridized carbons (Fsp3) is 0.882. The zero-order valence-electron chi connectivity index (χ0n) is 28.5. The van der Waals surface area contributed by atoms with E-state index in [2.05, 4.69) is 29.1 Å². The zero-order valence-corrected chi connectivity index (χ0v) is 28.5. The largest absolute Gasteiger partial charge is 0.481 e. The van der Waals surface area contributed by atoms with Crippen LogP contribution in [-0.2, 0) is 14.4 Å². The Morgan fingerprint density at radius 1 is 0.435 bits per heavy atom. The van der Waals surface area contributed by atoms with Gasteiger partial charge in [-0.05, 0) is 38.5 Å². The van der Waals surface area contributed by atoms with Crippen molar-refractivity contribution in [2.75, 3.05) is 59.6 Å². The van der Waals surface area contributed by atoms with Crippen molar-refractivity contribution in [2.45, 2.75) is 135 Å². The predicted octanol–water partition coefficient (Wildman–Crippen LogP) is 5.10. The third-order valence-corrected chi connectivity index (χ3v) is 9.42. The highest BCUT2D eigenvalue weighted by Gasteiger charge is 2.44. The molecule has 264 valence electrons. The first kappa shape index (κ1) is 38.0. The standard InChI is InChI=1S/C34H62N6O6/c41-31(42)19-13-7-1-4-10-16-22-35-25-38-27-36(23-17-11-5-2-8-14-20-32(43)44)29-40-30-37(28-39(26-35)34(38)40)24-18-12-6-3-9-15-21-33(45)46/h1-30H2,(H2-,41,42,43,44,45,46)/p+1. The van der Waals surface area contributed by atoms with Crippen LogP contribution in [0.1, 0.15) is 135 Å². The van der Waals surface area contributed by atoms with E-state index in [1.165, 1.54) is 63.7 Å². The molecule has 0 bridgehead atoms. The summed E-state index contributed by atoms with van der Waals surface area (Å²) in [7, 11) is 0. The summed E-state index contributed by atoms with van der Waals surface area (Å²) < 4.78 is 2.57. The molecular weight excluding hydrogens is 588 g/mol. The minimum absolute atomic E-state index is 0.284. The molecule has 0 spiro atoms. The molecule has 3 rings (SSSR count). The van der Waals surface area contributed by atoms with Gasteiger partial charge in [-0.2, -0.15) is 0 Å². The van der Waals surface area contributed by atoms with E-state index in [4.69, 9.17) is 15.3 Å². The van der Waals surface area contributed by atoms with Crippen molar-refractivity contribution >= 4 is 23.9 Å². The molecule has 0 aromatic rings. The fourth-order valence-corrected chi connectivity index (χ4v) is 7.08. The van der Waals surface area contributed by atoms with Gasteiger partial charge in [0.2, 0.25) is 0 Å². The van der Waals surface area contributed by atoms with Gasteiger partial charge in [0.25, 0.3) is 0 Å². The molecule has 1 saturated heterocycles. The predicted molar refractivity (Wildman–Crippen MR) is 178 cm³/mol. The van der Waals surface area contributed by atoms with Crippen LogP contribution in [0, 0.1) is 0 Å². The monoisotopic (exact) mass is 651 g/mol. The van der Waals surface area contributed by atoms with Gasteiger partial charge in [-0.25, -0.2) is 29.1 Å². The molecular formula is C34H63N6O6+. The van der Waals surface area contributed by atoms with Crippen molar-refractivity contribution in [2.24, 2.45) is 0 Å². The fourth-order valence-electron chi connectivity index (χ4n) is 7.08.